The number of nitrogens with one attached hydrogen (secondary N) is 3. The summed E-state index contributed by atoms with van der Waals surface area (Å²) < 4.78 is 163. The summed E-state index contributed by atoms with van der Waals surface area (Å²) in [5.74, 6) is -7.75. The van der Waals surface area contributed by atoms with Crippen molar-refractivity contribution in [3.63, 3.8) is 0 Å². The number of aryl methyl sites for hydroxylation is 3. The number of anilines is 3. The monoisotopic (exact) mass is 999 g/mol. The van der Waals surface area contributed by atoms with Gasteiger partial charge in [0.2, 0.25) is 0 Å². The van der Waals surface area contributed by atoms with Gasteiger partial charge in [0.15, 0.2) is 0 Å². The van der Waals surface area contributed by atoms with Crippen molar-refractivity contribution >= 4 is 68.3 Å². The molecule has 3 aliphatic heterocycles. The molecular weight excluding hydrogens is 913 g/mol. The fourth-order valence-electron chi connectivity index (χ4n) is 8.44. The summed E-state index contributed by atoms with van der Waals surface area (Å²) in [6, 6.07) is -5.59. The molecule has 3 saturated heterocycles. The molecule has 3 aliphatic rings. The van der Waals surface area contributed by atoms with Crippen molar-refractivity contribution in [3.05, 3.63) is 88.4 Å². The predicted molar refractivity (Wildman–Crippen MR) is 278 cm³/mol. The fourth-order valence-corrected chi connectivity index (χ4v) is 8.44. The second-order valence-electron chi connectivity index (χ2n) is 16.9. The number of H-pyrrole nitrogens is 3. The number of piperidine rings is 3. The topological polar surface area (TPSA) is 208 Å². The van der Waals surface area contributed by atoms with E-state index in [0.717, 1.165) is 19.6 Å². The molecule has 0 unspecified atom stereocenters. The molecule has 6 atom stereocenters. The van der Waals surface area contributed by atoms with Crippen molar-refractivity contribution in [3.8, 4) is 0 Å². The minimum atomic E-state index is -2.93. The Morgan fingerprint density at radius 3 is 1.33 bits per heavy atom. The molecule has 9 heterocycles. The van der Waals surface area contributed by atoms with Gasteiger partial charge in [0.05, 0.1) is 42.4 Å². The summed E-state index contributed by atoms with van der Waals surface area (Å²) in [5.41, 5.74) is 2.70. The molecule has 9 rings (SSSR count). The van der Waals surface area contributed by atoms with E-state index in [2.05, 4.69) is 59.4 Å². The van der Waals surface area contributed by atoms with E-state index >= 15 is 0 Å². The Hall–Kier alpha value is -7.86. The Kier molecular flexibility index (Phi) is 10.0. The van der Waals surface area contributed by atoms with Gasteiger partial charge in [-0.25, -0.2) is 49.6 Å². The molecule has 0 aliphatic carbocycles. The quantitative estimate of drug-likeness (QED) is 0.152. The number of carbonyl (C=O) groups excluding carboxylic acids is 3. The fraction of sp³-hybridized carbons (Fsp3) is 0.529. The molecule has 6 aromatic heterocycles. The minimum Gasteiger partial charge on any atom is -0.354 e. The zero-order chi connectivity index (χ0) is 69.4. The number of aromatic amines is 3. The first-order valence-corrected chi connectivity index (χ1v) is 22.3. The molecule has 0 bridgehead atoms. The number of fused-ring (bicyclic) bond motifs is 3. The van der Waals surface area contributed by atoms with Crippen LogP contribution in [0.1, 0.15) is 84.4 Å². The van der Waals surface area contributed by atoms with Crippen molar-refractivity contribution in [2.24, 2.45) is 17.7 Å². The molecule has 21 heteroatoms. The molecule has 3 fully saturated rings. The number of amides is 3. The smallest absolute Gasteiger partial charge is 0.302 e. The van der Waals surface area contributed by atoms with Crippen LogP contribution in [-0.4, -0.2) is 175 Å². The molecule has 21 nitrogen and oxygen atoms in total. The molecule has 0 spiro atoms. The lowest BCUT2D eigenvalue weighted by molar-refractivity contribution is -0.131. The van der Waals surface area contributed by atoms with E-state index in [1.54, 1.807) is 34.7 Å². The first-order valence-electron chi connectivity index (χ1n) is 32.3. The average molecular weight is 999 g/mol. The normalized spacial score (nSPS) is 30.9. The van der Waals surface area contributed by atoms with Crippen LogP contribution in [0.15, 0.2) is 37.1 Å². The summed E-state index contributed by atoms with van der Waals surface area (Å²) in [5, 5.41) is 0.958. The Bertz CT molecular complexity index is 3990. The summed E-state index contributed by atoms with van der Waals surface area (Å²) >= 11 is 0. The van der Waals surface area contributed by atoms with Crippen molar-refractivity contribution in [1.82, 2.24) is 59.6 Å². The highest BCUT2D eigenvalue weighted by Crippen LogP contribution is 2.32. The SMILES string of the molecule is [2H]c1c(C)[nH]c2ncnc(N(C)[C@@]3([2H])CN(C(=O)C([2H])([2H])[N+]#[C-])CC[C@@]3([2H])C([2H])([2H])[2H])c12.[2H]c1c(C)[nH]c2ncnc(N(C)[C@@]3([2H])CN(C(=O)C([2H])([2H])[N+]#[C-])CC[C@@]3([2H])C)c12.[2H]c1c(C)[nH]c2ncnc(N(C)[C@@]3([2H])CN(C(=O)C([2H])([2H])[N+]#[C-])CC[C@H]3C([2H])([2H])[2H])c12. The van der Waals surface area contributed by atoms with Crippen LogP contribution in [0.3, 0.4) is 0 Å². The van der Waals surface area contributed by atoms with E-state index in [0.29, 0.717) is 44.8 Å². The lowest BCUT2D eigenvalue weighted by Crippen LogP contribution is -2.53. The predicted octanol–water partition coefficient (Wildman–Crippen LogP) is 5.58. The summed E-state index contributed by atoms with van der Waals surface area (Å²) in [6.07, 6.45) is 3.30. The van der Waals surface area contributed by atoms with Gasteiger partial charge in [-0.05, 0) is 75.9 Å². The van der Waals surface area contributed by atoms with Gasteiger partial charge >= 0.3 is 17.7 Å². The molecule has 378 valence electrons. The Morgan fingerprint density at radius 1 is 0.611 bits per heavy atom. The van der Waals surface area contributed by atoms with Gasteiger partial charge in [-0.15, -0.1) is 0 Å². The summed E-state index contributed by atoms with van der Waals surface area (Å²) in [6.45, 7) is 11.9. The number of aromatic nitrogens is 9. The van der Waals surface area contributed by atoms with E-state index < -0.39 is 106 Å². The Labute approximate surface area is 449 Å². The third-order valence-electron chi connectivity index (χ3n) is 12.2. The van der Waals surface area contributed by atoms with Crippen LogP contribution in [0.25, 0.3) is 47.6 Å². The van der Waals surface area contributed by atoms with Gasteiger partial charge in [0.25, 0.3) is 19.5 Å². The van der Waals surface area contributed by atoms with E-state index in [1.807, 2.05) is 0 Å². The highest BCUT2D eigenvalue weighted by atomic mass is 16.2. The number of rotatable bonds is 9. The third kappa shape index (κ3) is 11.5. The minimum absolute atomic E-state index is 0.0303. The average Bonchev–Trinajstić information content (AvgIpc) is 0.742. The number of carbonyl (C=O) groups is 3. The van der Waals surface area contributed by atoms with Crippen LogP contribution in [0.4, 0.5) is 17.5 Å². The van der Waals surface area contributed by atoms with Gasteiger partial charge in [-0.3, -0.25) is 14.4 Å². The van der Waals surface area contributed by atoms with Crippen LogP contribution in [0.2, 0.25) is 0 Å². The molecule has 3 amide bonds. The van der Waals surface area contributed by atoms with Gasteiger partial charge in [-0.2, -0.15) is 0 Å². The number of nitrogens with zero attached hydrogens (tertiary/aromatic N) is 15. The van der Waals surface area contributed by atoms with Gasteiger partial charge < -0.3 is 58.9 Å². The van der Waals surface area contributed by atoms with E-state index in [4.69, 9.17) is 47.1 Å². The molecule has 0 saturated carbocycles. The van der Waals surface area contributed by atoms with Gasteiger partial charge in [-0.1, -0.05) is 20.6 Å². The van der Waals surface area contributed by atoms with Crippen LogP contribution in [0.5, 0.6) is 0 Å². The molecule has 6 aromatic rings. The van der Waals surface area contributed by atoms with Crippen molar-refractivity contribution < 1.29 is 41.8 Å². The second kappa shape index (κ2) is 22.9. The second-order valence-corrected chi connectivity index (χ2v) is 16.9. The summed E-state index contributed by atoms with van der Waals surface area (Å²) in [4.78, 5) is 86.5. The number of hydrogen-bond acceptors (Lipinski definition) is 12. The maximum absolute atomic E-state index is 12.6. The van der Waals surface area contributed by atoms with Crippen molar-refractivity contribution in [2.75, 3.05) is 94.6 Å². The largest absolute Gasteiger partial charge is 0.354 e. The highest BCUT2D eigenvalue weighted by molar-refractivity contribution is 5.90. The van der Waals surface area contributed by atoms with Gasteiger partial charge in [0, 0.05) is 88.5 Å². The zero-order valence-corrected chi connectivity index (χ0v) is 40.6. The molecular formula is C51H66N18O3. The Balaban J connectivity index is 0.000000196. The molecule has 72 heavy (non-hydrogen) atoms. The maximum Gasteiger partial charge on any atom is 0.302 e. The Morgan fingerprint density at radius 2 is 0.958 bits per heavy atom. The molecule has 0 radical (unpaired) electrons. The van der Waals surface area contributed by atoms with Crippen LogP contribution < -0.4 is 14.7 Å². The first kappa shape index (κ1) is 31.5. The van der Waals surface area contributed by atoms with Crippen LogP contribution >= 0.6 is 0 Å². The first-order chi connectivity index (χ1) is 42.2. The van der Waals surface area contributed by atoms with Crippen molar-refractivity contribution in [1.29, 1.82) is 0 Å². The van der Waals surface area contributed by atoms with Crippen LogP contribution in [0, 0.1) is 58.2 Å². The number of likely N-dealkylation sites (N-methyl/N-ethyl adjacent to an activating group) is 3. The lowest BCUT2D eigenvalue weighted by Gasteiger charge is -2.41. The lowest BCUT2D eigenvalue weighted by atomic mass is 9.92. The summed E-state index contributed by atoms with van der Waals surface area (Å²) in [7, 11) is 4.39. The third-order valence-corrected chi connectivity index (χ3v) is 12.2. The van der Waals surface area contributed by atoms with E-state index in [9.17, 15) is 14.4 Å². The van der Waals surface area contributed by atoms with Crippen molar-refractivity contribution in [2.45, 2.75) is 78.7 Å². The van der Waals surface area contributed by atoms with Gasteiger partial charge in [0.1, 0.15) is 61.6 Å². The maximum atomic E-state index is 12.6. The number of hydrogen-bond donors (Lipinski definition) is 3. The highest BCUT2D eigenvalue weighted by Gasteiger charge is 2.36. The molecule has 0 aromatic carbocycles. The van der Waals surface area contributed by atoms with Crippen LogP contribution in [-0.2, 0) is 14.4 Å². The van der Waals surface area contributed by atoms with E-state index in [1.165, 1.54) is 42.9 Å². The number of likely N-dealkylation sites (tertiary alicyclic amines) is 3. The zero-order valence-electron chi connectivity index (χ0n) is 60.6. The molecule has 3 N–H and O–H groups in total. The standard InChI is InChI=1S/3C17H22N6O/c3*1-11-5-6-23(15(24)8-18-3)9-14(11)22(4)17-13-7-12(2)21-16(13)19-10-20-17/h3*7,10-11,14H,5-6,8-9H2,1-2,4H3,(H,19,20,21)/t3*11-,14+/m111/s1/i1D3,7D,8D2,11D,14D;7D,8D2,11D,14D;1D3,7D,8D2,14D. The van der Waals surface area contributed by atoms with E-state index in [-0.39, 0.29) is 80.0 Å².